The lowest BCUT2D eigenvalue weighted by atomic mass is 10.4. The zero-order valence-corrected chi connectivity index (χ0v) is 8.69. The summed E-state index contributed by atoms with van der Waals surface area (Å²) in [6.45, 7) is 1.84. The van der Waals surface area contributed by atoms with Crippen molar-refractivity contribution in [2.45, 2.75) is 6.92 Å². The van der Waals surface area contributed by atoms with Gasteiger partial charge in [0, 0.05) is 13.1 Å². The van der Waals surface area contributed by atoms with E-state index in [2.05, 4.69) is 15.4 Å². The highest BCUT2D eigenvalue weighted by Crippen LogP contribution is 2.13. The predicted octanol–water partition coefficient (Wildman–Crippen LogP) is -1.01. The van der Waals surface area contributed by atoms with Crippen LogP contribution < -0.4 is 21.9 Å². The minimum atomic E-state index is -0.420. The normalized spacial score (nSPS) is 9.80. The number of nitrogens with one attached hydrogen (secondary N) is 1. The zero-order valence-electron chi connectivity index (χ0n) is 8.69. The number of rotatable bonds is 4. The number of primary amides is 1. The molecule has 0 radical (unpaired) electrons. The van der Waals surface area contributed by atoms with E-state index in [1.807, 2.05) is 0 Å². The van der Waals surface area contributed by atoms with E-state index in [0.29, 0.717) is 17.5 Å². The molecule has 0 aromatic carbocycles. The van der Waals surface area contributed by atoms with Crippen LogP contribution in [0.5, 0.6) is 0 Å². The van der Waals surface area contributed by atoms with Gasteiger partial charge in [-0.05, 0) is 6.92 Å². The Bertz CT molecular complexity index is 366. The van der Waals surface area contributed by atoms with Crippen LogP contribution in [-0.2, 0) is 4.79 Å². The van der Waals surface area contributed by atoms with Crippen molar-refractivity contribution in [3.05, 3.63) is 11.9 Å². The quantitative estimate of drug-likeness (QED) is 0.434. The van der Waals surface area contributed by atoms with E-state index in [0.717, 1.165) is 0 Å². The van der Waals surface area contributed by atoms with E-state index >= 15 is 0 Å². The van der Waals surface area contributed by atoms with Crippen molar-refractivity contribution in [1.82, 2.24) is 9.97 Å². The lowest BCUT2D eigenvalue weighted by molar-refractivity contribution is -0.116. The minimum absolute atomic E-state index is 0.0977. The number of aryl methyl sites for hydroxylation is 1. The van der Waals surface area contributed by atoms with Gasteiger partial charge in [-0.3, -0.25) is 4.79 Å². The van der Waals surface area contributed by atoms with Crippen molar-refractivity contribution in [3.63, 3.8) is 0 Å². The fourth-order valence-electron chi connectivity index (χ4n) is 1.14. The molecule has 1 aromatic rings. The van der Waals surface area contributed by atoms with Crippen molar-refractivity contribution in [2.24, 2.45) is 11.6 Å². The maximum absolute atomic E-state index is 10.7. The average Bonchev–Trinajstić information content (AvgIpc) is 2.15. The number of likely N-dealkylation sites (N-methyl/N-ethyl adjacent to an activating group) is 1. The molecule has 0 saturated carbocycles. The molecule has 0 bridgehead atoms. The Morgan fingerprint density at radius 2 is 2.27 bits per heavy atom. The molecule has 0 fully saturated rings. The van der Waals surface area contributed by atoms with Crippen LogP contribution in [0.2, 0.25) is 0 Å². The molecule has 82 valence electrons. The van der Waals surface area contributed by atoms with Crippen molar-refractivity contribution in [2.75, 3.05) is 23.9 Å². The van der Waals surface area contributed by atoms with Crippen molar-refractivity contribution >= 4 is 17.5 Å². The van der Waals surface area contributed by atoms with Gasteiger partial charge in [-0.1, -0.05) is 0 Å². The molecule has 0 aliphatic rings. The Hall–Kier alpha value is -1.89. The van der Waals surface area contributed by atoms with Gasteiger partial charge in [0.05, 0.1) is 6.54 Å². The van der Waals surface area contributed by atoms with E-state index in [1.54, 1.807) is 24.9 Å². The summed E-state index contributed by atoms with van der Waals surface area (Å²) in [6.07, 6.45) is 0. The summed E-state index contributed by atoms with van der Waals surface area (Å²) in [6, 6.07) is 1.63. The molecule has 15 heavy (non-hydrogen) atoms. The molecule has 0 saturated heterocycles. The van der Waals surface area contributed by atoms with Gasteiger partial charge in [-0.2, -0.15) is 0 Å². The summed E-state index contributed by atoms with van der Waals surface area (Å²) >= 11 is 0. The topological polar surface area (TPSA) is 110 Å². The van der Waals surface area contributed by atoms with E-state index < -0.39 is 5.91 Å². The number of nitrogen functional groups attached to an aromatic ring is 1. The molecular weight excluding hydrogens is 196 g/mol. The maximum Gasteiger partial charge on any atom is 0.236 e. The second-order valence-electron chi connectivity index (χ2n) is 3.13. The van der Waals surface area contributed by atoms with Crippen LogP contribution in [-0.4, -0.2) is 29.5 Å². The average molecular weight is 210 g/mol. The molecule has 7 nitrogen and oxygen atoms in total. The Morgan fingerprint density at radius 3 is 2.80 bits per heavy atom. The Labute approximate surface area is 87.5 Å². The summed E-state index contributed by atoms with van der Waals surface area (Å²) in [5, 5.41) is 0. The molecule has 1 aromatic heterocycles. The van der Waals surface area contributed by atoms with Gasteiger partial charge in [-0.25, -0.2) is 15.8 Å². The molecule has 0 aliphatic heterocycles. The molecule has 5 N–H and O–H groups in total. The van der Waals surface area contributed by atoms with Crippen LogP contribution >= 0.6 is 0 Å². The summed E-state index contributed by atoms with van der Waals surface area (Å²) in [5.74, 6) is 6.47. The first-order valence-corrected chi connectivity index (χ1v) is 4.34. The minimum Gasteiger partial charge on any atom is -0.368 e. The van der Waals surface area contributed by atoms with Gasteiger partial charge in [0.25, 0.3) is 0 Å². The molecule has 1 amide bonds. The van der Waals surface area contributed by atoms with Crippen LogP contribution in [0.25, 0.3) is 0 Å². The number of carbonyl (C=O) groups is 1. The number of amides is 1. The standard InChI is InChI=1S/C8H14N6O/c1-5-11-7(13-10)3-8(12-5)14(2)4-6(9)15/h3H,4,10H2,1-2H3,(H2,9,15)(H,11,12,13). The molecule has 0 atom stereocenters. The highest BCUT2D eigenvalue weighted by atomic mass is 16.1. The van der Waals surface area contributed by atoms with Crippen LogP contribution in [0.4, 0.5) is 11.6 Å². The number of nitrogens with two attached hydrogens (primary N) is 2. The van der Waals surface area contributed by atoms with Crippen molar-refractivity contribution < 1.29 is 4.79 Å². The monoisotopic (exact) mass is 210 g/mol. The first kappa shape index (κ1) is 11.2. The van der Waals surface area contributed by atoms with E-state index in [9.17, 15) is 4.79 Å². The van der Waals surface area contributed by atoms with Crippen molar-refractivity contribution in [1.29, 1.82) is 0 Å². The SMILES string of the molecule is Cc1nc(NN)cc(N(C)CC(N)=O)n1. The molecule has 0 aliphatic carbocycles. The van der Waals surface area contributed by atoms with E-state index in [4.69, 9.17) is 11.6 Å². The number of aromatic nitrogens is 2. The number of hydrazine groups is 1. The summed E-state index contributed by atoms with van der Waals surface area (Å²) in [4.78, 5) is 20.5. The maximum atomic E-state index is 10.7. The smallest absolute Gasteiger partial charge is 0.236 e. The summed E-state index contributed by atoms with van der Waals surface area (Å²) in [7, 11) is 1.72. The highest BCUT2D eigenvalue weighted by molar-refractivity contribution is 5.79. The van der Waals surface area contributed by atoms with Crippen LogP contribution in [0.15, 0.2) is 6.07 Å². The Balaban J connectivity index is 2.92. The third-order valence-corrected chi connectivity index (χ3v) is 1.76. The fourth-order valence-corrected chi connectivity index (χ4v) is 1.14. The number of hydrogen-bond donors (Lipinski definition) is 3. The molecule has 0 spiro atoms. The number of carbonyl (C=O) groups excluding carboxylic acids is 1. The number of nitrogens with zero attached hydrogens (tertiary/aromatic N) is 3. The lowest BCUT2D eigenvalue weighted by Crippen LogP contribution is -2.31. The lowest BCUT2D eigenvalue weighted by Gasteiger charge is -2.16. The first-order chi connectivity index (χ1) is 7.02. The highest BCUT2D eigenvalue weighted by Gasteiger charge is 2.07. The Kier molecular flexibility index (Phi) is 3.40. The second kappa shape index (κ2) is 4.56. The van der Waals surface area contributed by atoms with Gasteiger partial charge >= 0.3 is 0 Å². The zero-order chi connectivity index (χ0) is 11.4. The van der Waals surface area contributed by atoms with Crippen LogP contribution in [0.3, 0.4) is 0 Å². The molecule has 0 unspecified atom stereocenters. The van der Waals surface area contributed by atoms with Crippen LogP contribution in [0, 0.1) is 6.92 Å². The number of hydrogen-bond acceptors (Lipinski definition) is 6. The predicted molar refractivity (Wildman–Crippen MR) is 57.0 cm³/mol. The van der Waals surface area contributed by atoms with Crippen LogP contribution in [0.1, 0.15) is 5.82 Å². The largest absolute Gasteiger partial charge is 0.368 e. The fraction of sp³-hybridized carbons (Fsp3) is 0.375. The number of anilines is 2. The van der Waals surface area contributed by atoms with Gasteiger partial charge in [-0.15, -0.1) is 0 Å². The van der Waals surface area contributed by atoms with Crippen molar-refractivity contribution in [3.8, 4) is 0 Å². The van der Waals surface area contributed by atoms with E-state index in [1.165, 1.54) is 0 Å². The third kappa shape index (κ3) is 3.06. The van der Waals surface area contributed by atoms with Gasteiger partial charge in [0.2, 0.25) is 5.91 Å². The third-order valence-electron chi connectivity index (χ3n) is 1.76. The molecule has 1 rings (SSSR count). The molecule has 7 heteroatoms. The molecular formula is C8H14N6O. The Morgan fingerprint density at radius 1 is 1.60 bits per heavy atom. The van der Waals surface area contributed by atoms with Gasteiger partial charge in [0.1, 0.15) is 17.5 Å². The van der Waals surface area contributed by atoms with Gasteiger partial charge in [0.15, 0.2) is 0 Å². The second-order valence-corrected chi connectivity index (χ2v) is 3.13. The van der Waals surface area contributed by atoms with Gasteiger partial charge < -0.3 is 16.1 Å². The summed E-state index contributed by atoms with van der Waals surface area (Å²) < 4.78 is 0. The summed E-state index contributed by atoms with van der Waals surface area (Å²) in [5.41, 5.74) is 7.50. The van der Waals surface area contributed by atoms with E-state index in [-0.39, 0.29) is 6.54 Å². The first-order valence-electron chi connectivity index (χ1n) is 4.34. The molecule has 1 heterocycles.